The molecule has 1 heterocycles. The first kappa shape index (κ1) is 37.8. The number of nitrogens with zero attached hydrogens (tertiary/aromatic N) is 1. The smallest absolute Gasteiger partial charge is 0.408 e. The fourth-order valence-corrected chi connectivity index (χ4v) is 5.46. The lowest BCUT2D eigenvalue weighted by molar-refractivity contribution is -0.141. The Morgan fingerprint density at radius 2 is 1.69 bits per heavy atom. The summed E-state index contributed by atoms with van der Waals surface area (Å²) in [5, 5.41) is 8.78. The number of carbonyl (C=O) groups is 4. The number of hydrogen-bond donors (Lipinski definition) is 4. The minimum atomic E-state index is -0.695. The number of nitrogens with one attached hydrogen (secondary N) is 3. The Bertz CT molecular complexity index is 1120. The van der Waals surface area contributed by atoms with Crippen molar-refractivity contribution < 1.29 is 23.9 Å². The average Bonchev–Trinajstić information content (AvgIpc) is 3.43. The number of nitrogens with two attached hydrogens (primary N) is 1. The Labute approximate surface area is 270 Å². The van der Waals surface area contributed by atoms with Gasteiger partial charge in [0.2, 0.25) is 17.7 Å². The maximum Gasteiger partial charge on any atom is 0.408 e. The summed E-state index contributed by atoms with van der Waals surface area (Å²) in [5.41, 5.74) is 6.02. The molecule has 10 nitrogen and oxygen atoms in total. The lowest BCUT2D eigenvalue weighted by atomic mass is 9.94. The summed E-state index contributed by atoms with van der Waals surface area (Å²) >= 11 is 0. The Kier molecular flexibility index (Phi) is 15.6. The van der Waals surface area contributed by atoms with Crippen LogP contribution in [0.4, 0.5) is 4.79 Å². The molecule has 1 aromatic carbocycles. The molecule has 10 heteroatoms. The van der Waals surface area contributed by atoms with Crippen molar-refractivity contribution in [3.8, 4) is 0 Å². The van der Waals surface area contributed by atoms with Gasteiger partial charge in [0.05, 0.1) is 12.0 Å². The number of ether oxygens (including phenoxy) is 1. The molecule has 0 saturated carbocycles. The van der Waals surface area contributed by atoms with E-state index in [1.54, 1.807) is 4.90 Å². The van der Waals surface area contributed by atoms with Gasteiger partial charge in [0.1, 0.15) is 17.7 Å². The number of alkyl carbamates (subject to hydrolysis) is 1. The Morgan fingerprint density at radius 3 is 2.29 bits per heavy atom. The predicted octanol–water partition coefficient (Wildman–Crippen LogP) is 4.47. The van der Waals surface area contributed by atoms with Crippen LogP contribution < -0.4 is 21.7 Å². The highest BCUT2D eigenvalue weighted by atomic mass is 16.6. The van der Waals surface area contributed by atoms with E-state index in [1.807, 2.05) is 77.1 Å². The molecule has 0 aliphatic carbocycles. The first-order chi connectivity index (χ1) is 21.2. The molecule has 1 fully saturated rings. The van der Waals surface area contributed by atoms with E-state index in [9.17, 15) is 19.2 Å². The van der Waals surface area contributed by atoms with Gasteiger partial charge in [0, 0.05) is 12.6 Å². The largest absolute Gasteiger partial charge is 0.444 e. The van der Waals surface area contributed by atoms with E-state index in [1.165, 1.54) is 0 Å². The van der Waals surface area contributed by atoms with Crippen LogP contribution in [0.5, 0.6) is 0 Å². The highest BCUT2D eigenvalue weighted by Gasteiger charge is 2.38. The van der Waals surface area contributed by atoms with Crippen molar-refractivity contribution in [1.29, 1.82) is 0 Å². The summed E-state index contributed by atoms with van der Waals surface area (Å²) in [5.74, 6) is -0.968. The molecule has 4 amide bonds. The van der Waals surface area contributed by atoms with Crippen LogP contribution >= 0.6 is 0 Å². The number of unbranched alkanes of at least 4 members (excludes halogenated alkanes) is 1. The van der Waals surface area contributed by atoms with Crippen molar-refractivity contribution in [1.82, 2.24) is 20.9 Å². The zero-order chi connectivity index (χ0) is 33.6. The highest BCUT2D eigenvalue weighted by Crippen LogP contribution is 2.24. The molecule has 0 spiro atoms. The predicted molar refractivity (Wildman–Crippen MR) is 178 cm³/mol. The first-order valence-corrected chi connectivity index (χ1v) is 16.5. The van der Waals surface area contributed by atoms with Crippen LogP contribution in [0.3, 0.4) is 0 Å². The fraction of sp³-hybridized carbons (Fsp3) is 0.657. The first-order valence-electron chi connectivity index (χ1n) is 16.5. The van der Waals surface area contributed by atoms with Gasteiger partial charge in [-0.2, -0.15) is 0 Å². The maximum atomic E-state index is 14.2. The Balaban J connectivity index is 2.29. The third-order valence-electron chi connectivity index (χ3n) is 7.47. The van der Waals surface area contributed by atoms with E-state index >= 15 is 0 Å². The molecular weight excluding hydrogens is 570 g/mol. The van der Waals surface area contributed by atoms with Gasteiger partial charge < -0.3 is 31.3 Å². The average molecular weight is 628 g/mol. The molecule has 0 bridgehead atoms. The number of carbonyl (C=O) groups excluding carboxylic acids is 4. The summed E-state index contributed by atoms with van der Waals surface area (Å²) in [4.78, 5) is 55.0. The molecule has 1 aliphatic heterocycles. The van der Waals surface area contributed by atoms with Gasteiger partial charge in [-0.1, -0.05) is 56.3 Å². The number of benzene rings is 1. The van der Waals surface area contributed by atoms with Crippen LogP contribution in [0, 0.1) is 11.8 Å². The topological polar surface area (TPSA) is 143 Å². The van der Waals surface area contributed by atoms with E-state index in [0.29, 0.717) is 51.6 Å². The summed E-state index contributed by atoms with van der Waals surface area (Å²) < 4.78 is 5.48. The zero-order valence-electron chi connectivity index (χ0n) is 28.4. The summed E-state index contributed by atoms with van der Waals surface area (Å²) in [6.45, 7) is 14.3. The third-order valence-corrected chi connectivity index (χ3v) is 7.47. The minimum Gasteiger partial charge on any atom is -0.444 e. The summed E-state index contributed by atoms with van der Waals surface area (Å²) in [7, 11) is 0. The molecule has 0 radical (unpaired) electrons. The number of amides is 4. The SMILES string of the molecule is CC(C)C[C@@H](/C=C/[C@H](Cc1ccccc1)C(=O)N1CCC[C@H]1C(=O)N[C@@H](CCCCN)C(=O)NC(C)C)NC(=O)OC(C)(C)C. The van der Waals surface area contributed by atoms with Gasteiger partial charge >= 0.3 is 6.09 Å². The van der Waals surface area contributed by atoms with Gasteiger partial charge in [-0.25, -0.2) is 4.79 Å². The molecule has 4 atom stereocenters. The molecule has 5 N–H and O–H groups in total. The van der Waals surface area contributed by atoms with Crippen LogP contribution in [-0.4, -0.2) is 71.6 Å². The summed E-state index contributed by atoms with van der Waals surface area (Å²) in [6.07, 6.45) is 7.49. The van der Waals surface area contributed by atoms with Gasteiger partial charge in [-0.3, -0.25) is 14.4 Å². The molecule has 1 saturated heterocycles. The van der Waals surface area contributed by atoms with E-state index in [4.69, 9.17) is 10.5 Å². The molecule has 0 unspecified atom stereocenters. The monoisotopic (exact) mass is 627 g/mol. The van der Waals surface area contributed by atoms with Crippen molar-refractivity contribution >= 4 is 23.8 Å². The van der Waals surface area contributed by atoms with Crippen LogP contribution in [0.2, 0.25) is 0 Å². The number of likely N-dealkylation sites (tertiary alicyclic amines) is 1. The van der Waals surface area contributed by atoms with Crippen molar-refractivity contribution in [2.75, 3.05) is 13.1 Å². The van der Waals surface area contributed by atoms with Crippen molar-refractivity contribution in [2.24, 2.45) is 17.6 Å². The van der Waals surface area contributed by atoms with Crippen molar-refractivity contribution in [2.45, 2.75) is 123 Å². The van der Waals surface area contributed by atoms with Crippen molar-refractivity contribution in [3.05, 3.63) is 48.0 Å². The molecule has 45 heavy (non-hydrogen) atoms. The second-order valence-corrected chi connectivity index (χ2v) is 13.8. The third kappa shape index (κ3) is 14.1. The maximum absolute atomic E-state index is 14.2. The molecule has 2 rings (SSSR count). The second-order valence-electron chi connectivity index (χ2n) is 13.8. The normalized spacial score (nSPS) is 17.3. The molecule has 1 aromatic rings. The van der Waals surface area contributed by atoms with Crippen LogP contribution in [-0.2, 0) is 25.5 Å². The lowest BCUT2D eigenvalue weighted by Crippen LogP contribution is -2.54. The standard InChI is InChI=1S/C35H57N5O5/c1-24(2)22-28(38-34(44)45-35(5,6)7)19-18-27(23-26-14-9-8-10-15-26)33(43)40-21-13-17-30(40)32(42)39-29(16-11-12-20-36)31(41)37-25(3)4/h8-10,14-15,18-19,24-25,27-30H,11-13,16-17,20-23,36H2,1-7H3,(H,37,41)(H,38,44)(H,39,42)/b19-18+/t27-,28-,29+,30+/m1/s1. The Morgan fingerprint density at radius 1 is 1.00 bits per heavy atom. The van der Waals surface area contributed by atoms with Gasteiger partial charge in [0.25, 0.3) is 0 Å². The highest BCUT2D eigenvalue weighted by molar-refractivity contribution is 5.93. The number of rotatable bonds is 16. The lowest BCUT2D eigenvalue weighted by Gasteiger charge is -2.29. The number of hydrogen-bond acceptors (Lipinski definition) is 6. The van der Waals surface area contributed by atoms with Crippen LogP contribution in [0.15, 0.2) is 42.5 Å². The van der Waals surface area contributed by atoms with E-state index in [-0.39, 0.29) is 35.7 Å². The van der Waals surface area contributed by atoms with E-state index in [0.717, 1.165) is 12.0 Å². The quantitative estimate of drug-likeness (QED) is 0.157. The van der Waals surface area contributed by atoms with Gasteiger partial charge in [-0.05, 0) is 97.6 Å². The minimum absolute atomic E-state index is 0.0640. The van der Waals surface area contributed by atoms with Gasteiger partial charge in [-0.15, -0.1) is 0 Å². The van der Waals surface area contributed by atoms with Crippen LogP contribution in [0.25, 0.3) is 0 Å². The summed E-state index contributed by atoms with van der Waals surface area (Å²) in [6, 6.07) is 8.00. The molecule has 1 aliphatic rings. The van der Waals surface area contributed by atoms with E-state index in [2.05, 4.69) is 29.8 Å². The van der Waals surface area contributed by atoms with E-state index < -0.39 is 29.7 Å². The molecule has 252 valence electrons. The second kappa shape index (κ2) is 18.5. The van der Waals surface area contributed by atoms with Crippen LogP contribution in [0.1, 0.15) is 92.6 Å². The fourth-order valence-electron chi connectivity index (χ4n) is 5.46. The van der Waals surface area contributed by atoms with Crippen molar-refractivity contribution in [3.63, 3.8) is 0 Å². The van der Waals surface area contributed by atoms with Gasteiger partial charge in [0.15, 0.2) is 0 Å². The Hall–Kier alpha value is -3.40. The zero-order valence-corrected chi connectivity index (χ0v) is 28.4. The molecule has 0 aromatic heterocycles. The molecular formula is C35H57N5O5.